The van der Waals surface area contributed by atoms with Crippen LogP contribution in [0.15, 0.2) is 18.2 Å². The lowest BCUT2D eigenvalue weighted by Crippen LogP contribution is -2.38. The van der Waals surface area contributed by atoms with Gasteiger partial charge in [0.05, 0.1) is 0 Å². The Balaban J connectivity index is 1.90. The SMILES string of the molecule is CCN1CCCC1CN(C)Cc1ccc(N)c(C)c1. The molecule has 0 spiro atoms. The Labute approximate surface area is 117 Å². The van der Waals surface area contributed by atoms with E-state index in [2.05, 4.69) is 42.8 Å². The number of anilines is 1. The largest absolute Gasteiger partial charge is 0.399 e. The van der Waals surface area contributed by atoms with Gasteiger partial charge in [-0.25, -0.2) is 0 Å². The van der Waals surface area contributed by atoms with Crippen molar-refractivity contribution in [3.63, 3.8) is 0 Å². The second-order valence-electron chi connectivity index (χ2n) is 5.81. The van der Waals surface area contributed by atoms with Crippen LogP contribution in [-0.4, -0.2) is 42.5 Å². The van der Waals surface area contributed by atoms with Gasteiger partial charge in [0.1, 0.15) is 0 Å². The molecular formula is C16H27N3. The van der Waals surface area contributed by atoms with Crippen LogP contribution in [0.25, 0.3) is 0 Å². The average molecular weight is 261 g/mol. The molecule has 2 N–H and O–H groups in total. The molecule has 19 heavy (non-hydrogen) atoms. The maximum absolute atomic E-state index is 5.87. The second-order valence-corrected chi connectivity index (χ2v) is 5.81. The van der Waals surface area contributed by atoms with Gasteiger partial charge in [-0.05, 0) is 57.1 Å². The van der Waals surface area contributed by atoms with E-state index in [0.717, 1.165) is 24.8 Å². The van der Waals surface area contributed by atoms with E-state index >= 15 is 0 Å². The first-order valence-corrected chi connectivity index (χ1v) is 7.37. The van der Waals surface area contributed by atoms with Crippen molar-refractivity contribution in [3.05, 3.63) is 29.3 Å². The molecule has 1 heterocycles. The third-order valence-corrected chi connectivity index (χ3v) is 4.21. The molecule has 1 unspecified atom stereocenters. The summed E-state index contributed by atoms with van der Waals surface area (Å²) in [6, 6.07) is 7.11. The molecule has 1 aromatic rings. The fourth-order valence-electron chi connectivity index (χ4n) is 3.09. The van der Waals surface area contributed by atoms with Crippen molar-refractivity contribution in [1.29, 1.82) is 0 Å². The van der Waals surface area contributed by atoms with Crippen molar-refractivity contribution < 1.29 is 0 Å². The van der Waals surface area contributed by atoms with Gasteiger partial charge in [0.2, 0.25) is 0 Å². The summed E-state index contributed by atoms with van der Waals surface area (Å²) < 4.78 is 0. The topological polar surface area (TPSA) is 32.5 Å². The van der Waals surface area contributed by atoms with Gasteiger partial charge in [0.15, 0.2) is 0 Å². The van der Waals surface area contributed by atoms with Crippen LogP contribution in [0.3, 0.4) is 0 Å². The summed E-state index contributed by atoms with van der Waals surface area (Å²) in [5.41, 5.74) is 9.29. The monoisotopic (exact) mass is 261 g/mol. The first kappa shape index (κ1) is 14.4. The predicted molar refractivity (Wildman–Crippen MR) is 82.2 cm³/mol. The maximum atomic E-state index is 5.87. The van der Waals surface area contributed by atoms with E-state index in [0.29, 0.717) is 0 Å². The van der Waals surface area contributed by atoms with Crippen LogP contribution >= 0.6 is 0 Å². The Bertz CT molecular complexity index is 416. The summed E-state index contributed by atoms with van der Waals surface area (Å²) in [5.74, 6) is 0. The Morgan fingerprint density at radius 3 is 2.89 bits per heavy atom. The minimum Gasteiger partial charge on any atom is -0.399 e. The number of aryl methyl sites for hydroxylation is 1. The number of benzene rings is 1. The molecule has 0 aliphatic carbocycles. The molecule has 1 aliphatic heterocycles. The average Bonchev–Trinajstić information content (AvgIpc) is 2.81. The minimum absolute atomic E-state index is 0.741. The fraction of sp³-hybridized carbons (Fsp3) is 0.625. The first-order valence-electron chi connectivity index (χ1n) is 7.37. The number of nitrogens with two attached hydrogens (primary N) is 1. The van der Waals surface area contributed by atoms with Gasteiger partial charge in [-0.15, -0.1) is 0 Å². The molecule has 1 fully saturated rings. The Hall–Kier alpha value is -1.06. The zero-order valence-corrected chi connectivity index (χ0v) is 12.5. The van der Waals surface area contributed by atoms with Gasteiger partial charge < -0.3 is 10.6 Å². The van der Waals surface area contributed by atoms with E-state index in [1.54, 1.807) is 0 Å². The summed E-state index contributed by atoms with van der Waals surface area (Å²) in [5, 5.41) is 0. The summed E-state index contributed by atoms with van der Waals surface area (Å²) in [7, 11) is 2.22. The third-order valence-electron chi connectivity index (χ3n) is 4.21. The number of likely N-dealkylation sites (tertiary alicyclic amines) is 1. The van der Waals surface area contributed by atoms with E-state index in [1.807, 2.05) is 6.07 Å². The molecule has 1 saturated heterocycles. The van der Waals surface area contributed by atoms with Crippen LogP contribution in [0.4, 0.5) is 5.69 Å². The van der Waals surface area contributed by atoms with Crippen molar-refractivity contribution in [2.45, 2.75) is 39.3 Å². The number of likely N-dealkylation sites (N-methyl/N-ethyl adjacent to an activating group) is 2. The molecule has 0 saturated carbocycles. The highest BCUT2D eigenvalue weighted by atomic mass is 15.2. The van der Waals surface area contributed by atoms with E-state index in [9.17, 15) is 0 Å². The fourth-order valence-corrected chi connectivity index (χ4v) is 3.09. The normalized spacial score (nSPS) is 20.3. The second kappa shape index (κ2) is 6.40. The molecule has 106 valence electrons. The van der Waals surface area contributed by atoms with E-state index in [-0.39, 0.29) is 0 Å². The molecule has 1 aliphatic rings. The van der Waals surface area contributed by atoms with Crippen LogP contribution in [0.5, 0.6) is 0 Å². The van der Waals surface area contributed by atoms with Crippen LogP contribution in [0, 0.1) is 6.92 Å². The molecule has 2 rings (SSSR count). The lowest BCUT2D eigenvalue weighted by molar-refractivity contribution is 0.195. The van der Waals surface area contributed by atoms with Crippen molar-refractivity contribution >= 4 is 5.69 Å². The molecule has 0 aromatic heterocycles. The van der Waals surface area contributed by atoms with E-state index < -0.39 is 0 Å². The van der Waals surface area contributed by atoms with Gasteiger partial charge in [0.25, 0.3) is 0 Å². The summed E-state index contributed by atoms with van der Waals surface area (Å²) in [6.45, 7) is 8.97. The Morgan fingerprint density at radius 2 is 2.21 bits per heavy atom. The van der Waals surface area contributed by atoms with Gasteiger partial charge in [-0.3, -0.25) is 4.90 Å². The summed E-state index contributed by atoms with van der Waals surface area (Å²) in [6.07, 6.45) is 2.70. The van der Waals surface area contributed by atoms with Crippen LogP contribution < -0.4 is 5.73 Å². The van der Waals surface area contributed by atoms with E-state index in [1.165, 1.54) is 37.1 Å². The highest BCUT2D eigenvalue weighted by molar-refractivity contribution is 5.47. The molecule has 0 amide bonds. The molecule has 3 heteroatoms. The zero-order chi connectivity index (χ0) is 13.8. The van der Waals surface area contributed by atoms with Gasteiger partial charge in [0, 0.05) is 24.8 Å². The third kappa shape index (κ3) is 3.71. The quantitative estimate of drug-likeness (QED) is 0.827. The zero-order valence-electron chi connectivity index (χ0n) is 12.5. The predicted octanol–water partition coefficient (Wildman–Crippen LogP) is 2.49. The number of rotatable bonds is 5. The molecular weight excluding hydrogens is 234 g/mol. The number of nitrogen functional groups attached to an aromatic ring is 1. The van der Waals surface area contributed by atoms with Crippen molar-refractivity contribution in [2.24, 2.45) is 0 Å². The van der Waals surface area contributed by atoms with E-state index in [4.69, 9.17) is 5.73 Å². The van der Waals surface area contributed by atoms with Gasteiger partial charge in [-0.1, -0.05) is 19.1 Å². The first-order chi connectivity index (χ1) is 9.10. The Kier molecular flexibility index (Phi) is 4.83. The van der Waals surface area contributed by atoms with Gasteiger partial charge >= 0.3 is 0 Å². The van der Waals surface area contributed by atoms with Crippen molar-refractivity contribution in [3.8, 4) is 0 Å². The Morgan fingerprint density at radius 1 is 1.42 bits per heavy atom. The number of hydrogen-bond donors (Lipinski definition) is 1. The highest BCUT2D eigenvalue weighted by Crippen LogP contribution is 2.19. The smallest absolute Gasteiger partial charge is 0.0343 e. The standard InChI is InChI=1S/C16H27N3/c1-4-19-9-5-6-15(19)12-18(3)11-14-7-8-16(17)13(2)10-14/h7-8,10,15H,4-6,9,11-12,17H2,1-3H3. The lowest BCUT2D eigenvalue weighted by Gasteiger charge is -2.27. The van der Waals surface area contributed by atoms with Crippen LogP contribution in [-0.2, 0) is 6.54 Å². The molecule has 0 bridgehead atoms. The molecule has 3 nitrogen and oxygen atoms in total. The lowest BCUT2D eigenvalue weighted by atomic mass is 10.1. The van der Waals surface area contributed by atoms with Crippen LogP contribution in [0.2, 0.25) is 0 Å². The molecule has 0 radical (unpaired) electrons. The van der Waals surface area contributed by atoms with Crippen molar-refractivity contribution in [1.82, 2.24) is 9.80 Å². The molecule has 1 atom stereocenters. The highest BCUT2D eigenvalue weighted by Gasteiger charge is 2.23. The molecule has 1 aromatic carbocycles. The maximum Gasteiger partial charge on any atom is 0.0343 e. The number of nitrogens with zero attached hydrogens (tertiary/aromatic N) is 2. The van der Waals surface area contributed by atoms with Crippen molar-refractivity contribution in [2.75, 3.05) is 32.4 Å². The summed E-state index contributed by atoms with van der Waals surface area (Å²) in [4.78, 5) is 5.04. The van der Waals surface area contributed by atoms with Crippen LogP contribution in [0.1, 0.15) is 30.9 Å². The minimum atomic E-state index is 0.741. The van der Waals surface area contributed by atoms with Gasteiger partial charge in [-0.2, -0.15) is 0 Å². The number of hydrogen-bond acceptors (Lipinski definition) is 3. The summed E-state index contributed by atoms with van der Waals surface area (Å²) >= 11 is 0.